The first-order valence-electron chi connectivity index (χ1n) is 17.7. The Morgan fingerprint density at radius 3 is 1.94 bits per heavy atom. The molecule has 1 aliphatic heterocycles. The van der Waals surface area contributed by atoms with Crippen LogP contribution in [0.4, 0.5) is 8.78 Å². The van der Waals surface area contributed by atoms with Gasteiger partial charge in [0.2, 0.25) is 0 Å². The van der Waals surface area contributed by atoms with Crippen LogP contribution < -0.4 is 0 Å². The molecule has 2 aromatic rings. The van der Waals surface area contributed by atoms with E-state index in [0.717, 1.165) is 85.4 Å². The lowest BCUT2D eigenvalue weighted by Gasteiger charge is -2.42. The van der Waals surface area contributed by atoms with Gasteiger partial charge in [0, 0.05) is 13.1 Å². The molecule has 1 heterocycles. The van der Waals surface area contributed by atoms with Crippen LogP contribution in [0, 0.1) is 5.41 Å². The minimum atomic E-state index is -5.65. The third kappa shape index (κ3) is 12.3. The number of halogens is 2. The third-order valence-corrected chi connectivity index (χ3v) is 10.1. The van der Waals surface area contributed by atoms with Crippen molar-refractivity contribution in [3.05, 3.63) is 48.0 Å². The zero-order valence-corrected chi connectivity index (χ0v) is 30.3. The summed E-state index contributed by atoms with van der Waals surface area (Å²) in [5.41, 5.74) is -0.307. The highest BCUT2D eigenvalue weighted by molar-refractivity contribution is 7.88. The summed E-state index contributed by atoms with van der Waals surface area (Å²) < 4.78 is 80.0. The second-order valence-corrected chi connectivity index (χ2v) is 15.4. The van der Waals surface area contributed by atoms with E-state index in [0.29, 0.717) is 12.8 Å². The van der Waals surface area contributed by atoms with Gasteiger partial charge in [-0.3, -0.25) is 8.98 Å². The standard InChI is InChI=1S/C37H57F2NO7S/c1-5-7-9-11-13-17-23-40(24-18-14-12-10-8-6-2)34(41)37(38,39)48(42,43)47-30-36(28-45-35(3,4)46-29-36)27-44-26-31-21-22-32-19-15-16-20-33(32)25-31/h15-16,19-22,25H,5-14,17-18,23-24,26-30H2,1-4H3. The van der Waals surface area contributed by atoms with E-state index >= 15 is 8.78 Å². The normalized spacial score (nSPS) is 16.3. The Bertz CT molecular complexity index is 1340. The summed E-state index contributed by atoms with van der Waals surface area (Å²) in [5, 5.41) is -2.62. The van der Waals surface area contributed by atoms with Crippen LogP contribution in [0.3, 0.4) is 0 Å². The molecule has 1 saturated heterocycles. The maximum absolute atomic E-state index is 15.6. The largest absolute Gasteiger partial charge is 0.447 e. The van der Waals surface area contributed by atoms with E-state index in [1.165, 1.54) is 0 Å². The molecule has 0 saturated carbocycles. The van der Waals surface area contributed by atoms with Gasteiger partial charge in [0.15, 0.2) is 5.79 Å². The molecule has 11 heteroatoms. The SMILES string of the molecule is CCCCCCCCN(CCCCCCCC)C(=O)C(F)(F)S(=O)(=O)OCC1(COCc2ccc3ccccc3c2)COC(C)(C)OC1. The molecule has 0 spiro atoms. The van der Waals surface area contributed by atoms with Gasteiger partial charge < -0.3 is 19.1 Å². The first kappa shape index (κ1) is 40.3. The van der Waals surface area contributed by atoms with Crippen molar-refractivity contribution < 1.29 is 40.4 Å². The fourth-order valence-electron chi connectivity index (χ4n) is 5.71. The number of nitrogens with zero attached hydrogens (tertiary/aromatic N) is 1. The Morgan fingerprint density at radius 2 is 1.35 bits per heavy atom. The smallest absolute Gasteiger partial charge is 0.376 e. The Balaban J connectivity index is 1.66. The molecular formula is C37H57F2NO7S. The second kappa shape index (κ2) is 19.3. The fraction of sp³-hybridized carbons (Fsp3) is 0.703. The van der Waals surface area contributed by atoms with Gasteiger partial charge in [-0.15, -0.1) is 0 Å². The molecule has 0 unspecified atom stereocenters. The first-order chi connectivity index (χ1) is 22.8. The summed E-state index contributed by atoms with van der Waals surface area (Å²) in [6.45, 7) is 7.13. The highest BCUT2D eigenvalue weighted by Crippen LogP contribution is 2.34. The molecule has 0 aromatic heterocycles. The third-order valence-electron chi connectivity index (χ3n) is 8.88. The molecule has 0 N–H and O–H groups in total. The average molecular weight is 698 g/mol. The van der Waals surface area contributed by atoms with Crippen LogP contribution >= 0.6 is 0 Å². The molecule has 0 atom stereocenters. The van der Waals surface area contributed by atoms with Gasteiger partial charge in [0.1, 0.15) is 0 Å². The second-order valence-electron chi connectivity index (χ2n) is 13.7. The van der Waals surface area contributed by atoms with Crippen LogP contribution in [0.25, 0.3) is 10.8 Å². The number of fused-ring (bicyclic) bond motifs is 1. The number of carbonyl (C=O) groups excluding carboxylic acids is 1. The van der Waals surface area contributed by atoms with Crippen LogP contribution in [-0.2, 0) is 39.9 Å². The quantitative estimate of drug-likeness (QED) is 0.0849. The number of ether oxygens (including phenoxy) is 3. The number of amides is 1. The molecule has 1 fully saturated rings. The number of carbonyl (C=O) groups is 1. The van der Waals surface area contributed by atoms with Crippen LogP contribution in [0.5, 0.6) is 0 Å². The molecule has 272 valence electrons. The Kier molecular flexibility index (Phi) is 16.2. The summed E-state index contributed by atoms with van der Waals surface area (Å²) in [6.07, 6.45) is 11.0. The van der Waals surface area contributed by atoms with Gasteiger partial charge in [0.25, 0.3) is 0 Å². The monoisotopic (exact) mass is 697 g/mol. The molecule has 0 aliphatic carbocycles. The Labute approximate surface area is 287 Å². The van der Waals surface area contributed by atoms with Gasteiger partial charge in [-0.2, -0.15) is 17.2 Å². The molecular weight excluding hydrogens is 640 g/mol. The maximum atomic E-state index is 15.6. The summed E-state index contributed by atoms with van der Waals surface area (Å²) in [6, 6.07) is 13.8. The average Bonchev–Trinajstić information content (AvgIpc) is 3.06. The van der Waals surface area contributed by atoms with Gasteiger partial charge in [-0.05, 0) is 49.1 Å². The molecule has 0 bridgehead atoms. The fourth-order valence-corrected chi connectivity index (χ4v) is 6.60. The van der Waals surface area contributed by atoms with Gasteiger partial charge in [-0.1, -0.05) is 114 Å². The van der Waals surface area contributed by atoms with Crippen LogP contribution in [0.2, 0.25) is 0 Å². The molecule has 2 aromatic carbocycles. The van der Waals surface area contributed by atoms with Crippen molar-refractivity contribution >= 4 is 26.8 Å². The highest BCUT2D eigenvalue weighted by Gasteiger charge is 2.57. The van der Waals surface area contributed by atoms with E-state index in [-0.39, 0.29) is 39.5 Å². The number of rotatable bonds is 23. The molecule has 1 aliphatic rings. The van der Waals surface area contributed by atoms with Crippen molar-refractivity contribution in [3.8, 4) is 0 Å². The van der Waals surface area contributed by atoms with E-state index in [1.54, 1.807) is 13.8 Å². The Hall–Kier alpha value is -2.18. The number of unbranched alkanes of at least 4 members (excludes halogenated alkanes) is 10. The van der Waals surface area contributed by atoms with Crippen molar-refractivity contribution in [3.63, 3.8) is 0 Å². The van der Waals surface area contributed by atoms with Crippen LogP contribution in [0.1, 0.15) is 110 Å². The Morgan fingerprint density at radius 1 is 0.812 bits per heavy atom. The summed E-state index contributed by atoms with van der Waals surface area (Å²) in [5.74, 6) is -2.68. The van der Waals surface area contributed by atoms with E-state index in [9.17, 15) is 13.2 Å². The van der Waals surface area contributed by atoms with Crippen molar-refractivity contribution in [2.45, 2.75) is 122 Å². The predicted molar refractivity (Wildman–Crippen MR) is 185 cm³/mol. The van der Waals surface area contributed by atoms with Crippen LogP contribution in [0.15, 0.2) is 42.5 Å². The minimum Gasteiger partial charge on any atom is -0.376 e. The predicted octanol–water partition coefficient (Wildman–Crippen LogP) is 8.61. The number of benzene rings is 2. The number of hydrogen-bond donors (Lipinski definition) is 0. The first-order valence-corrected chi connectivity index (χ1v) is 19.1. The maximum Gasteiger partial charge on any atom is 0.447 e. The minimum absolute atomic E-state index is 0.0467. The summed E-state index contributed by atoms with van der Waals surface area (Å²) >= 11 is 0. The summed E-state index contributed by atoms with van der Waals surface area (Å²) in [7, 11) is -5.65. The lowest BCUT2D eigenvalue weighted by Crippen LogP contribution is -2.53. The molecule has 8 nitrogen and oxygen atoms in total. The topological polar surface area (TPSA) is 91.4 Å². The van der Waals surface area contributed by atoms with Crippen molar-refractivity contribution in [2.75, 3.05) is 39.5 Å². The van der Waals surface area contributed by atoms with Crippen molar-refractivity contribution in [1.82, 2.24) is 4.90 Å². The molecule has 1 amide bonds. The van der Waals surface area contributed by atoms with Crippen LogP contribution in [-0.4, -0.2) is 69.8 Å². The van der Waals surface area contributed by atoms with Gasteiger partial charge in [-0.25, -0.2) is 0 Å². The van der Waals surface area contributed by atoms with E-state index < -0.39 is 39.1 Å². The zero-order valence-electron chi connectivity index (χ0n) is 29.4. The molecule has 3 rings (SSSR count). The number of alkyl halides is 2. The van der Waals surface area contributed by atoms with E-state index in [1.807, 2.05) is 42.5 Å². The lowest BCUT2D eigenvalue weighted by atomic mass is 9.91. The van der Waals surface area contributed by atoms with Crippen molar-refractivity contribution in [2.24, 2.45) is 5.41 Å². The molecule has 0 radical (unpaired) electrons. The highest BCUT2D eigenvalue weighted by atomic mass is 32.2. The van der Waals surface area contributed by atoms with E-state index in [2.05, 4.69) is 13.8 Å². The van der Waals surface area contributed by atoms with Gasteiger partial charge >= 0.3 is 21.3 Å². The van der Waals surface area contributed by atoms with E-state index in [4.69, 9.17) is 18.4 Å². The number of hydrogen-bond acceptors (Lipinski definition) is 7. The molecule has 48 heavy (non-hydrogen) atoms. The summed E-state index contributed by atoms with van der Waals surface area (Å²) in [4.78, 5) is 14.2. The zero-order chi connectivity index (χ0) is 35.1. The van der Waals surface area contributed by atoms with Crippen molar-refractivity contribution in [1.29, 1.82) is 0 Å². The lowest BCUT2D eigenvalue weighted by molar-refractivity contribution is -0.296. The van der Waals surface area contributed by atoms with Gasteiger partial charge in [0.05, 0.1) is 38.4 Å².